The van der Waals surface area contributed by atoms with Crippen molar-refractivity contribution in [2.24, 2.45) is 0 Å². The van der Waals surface area contributed by atoms with E-state index in [-0.39, 0.29) is 5.75 Å². The largest absolute Gasteiger partial charge is 0.507 e. The Morgan fingerprint density at radius 1 is 0.889 bits per heavy atom. The van der Waals surface area contributed by atoms with E-state index in [1.807, 2.05) is 42.5 Å². The van der Waals surface area contributed by atoms with Gasteiger partial charge in [0.1, 0.15) is 10.8 Å². The molecule has 0 saturated carbocycles. The maximum Gasteiger partial charge on any atom is 0.129 e. The maximum atomic E-state index is 9.80. The molecule has 3 rings (SSSR count). The molecule has 18 heavy (non-hydrogen) atoms. The Bertz CT molecular complexity index is 691. The molecule has 0 aliphatic rings. The number of aromatic hydroxyl groups is 1. The number of hydrogen-bond acceptors (Lipinski definition) is 3. The van der Waals surface area contributed by atoms with Gasteiger partial charge in [-0.2, -0.15) is 0 Å². The smallest absolute Gasteiger partial charge is 0.129 e. The molecular formula is C15H11NOS. The summed E-state index contributed by atoms with van der Waals surface area (Å²) in [7, 11) is 0. The lowest BCUT2D eigenvalue weighted by molar-refractivity contribution is 0.462. The third kappa shape index (κ3) is 2.05. The van der Waals surface area contributed by atoms with Crippen LogP contribution in [0.5, 0.6) is 5.75 Å². The zero-order chi connectivity index (χ0) is 12.4. The fraction of sp³-hybridized carbons (Fsp3) is 0. The van der Waals surface area contributed by atoms with Crippen molar-refractivity contribution in [1.82, 2.24) is 4.98 Å². The number of hydrogen-bond donors (Lipinski definition) is 1. The Morgan fingerprint density at radius 2 is 1.67 bits per heavy atom. The highest BCUT2D eigenvalue weighted by Gasteiger charge is 2.06. The van der Waals surface area contributed by atoms with Crippen molar-refractivity contribution in [3.05, 3.63) is 60.8 Å². The SMILES string of the molecule is Oc1ccccc1Sc1nccc2ccccc12. The number of phenolic OH excluding ortho intramolecular Hbond substituents is 1. The van der Waals surface area contributed by atoms with E-state index in [0.29, 0.717) is 0 Å². The first-order chi connectivity index (χ1) is 8.84. The van der Waals surface area contributed by atoms with Crippen LogP contribution in [-0.2, 0) is 0 Å². The highest BCUT2D eigenvalue weighted by molar-refractivity contribution is 7.99. The first kappa shape index (κ1) is 11.1. The minimum atomic E-state index is 0.289. The summed E-state index contributed by atoms with van der Waals surface area (Å²) in [6, 6.07) is 17.4. The van der Waals surface area contributed by atoms with E-state index in [1.54, 1.807) is 12.3 Å². The second kappa shape index (κ2) is 4.70. The van der Waals surface area contributed by atoms with Crippen molar-refractivity contribution >= 4 is 22.5 Å². The molecule has 88 valence electrons. The Kier molecular flexibility index (Phi) is 2.90. The van der Waals surface area contributed by atoms with Crippen LogP contribution in [0.3, 0.4) is 0 Å². The quantitative estimate of drug-likeness (QED) is 0.746. The molecule has 1 heterocycles. The molecule has 0 radical (unpaired) electrons. The molecule has 3 aromatic rings. The molecule has 2 aromatic carbocycles. The van der Waals surface area contributed by atoms with Crippen LogP contribution < -0.4 is 0 Å². The molecule has 0 aliphatic heterocycles. The molecule has 3 heteroatoms. The van der Waals surface area contributed by atoms with Gasteiger partial charge in [-0.15, -0.1) is 0 Å². The summed E-state index contributed by atoms with van der Waals surface area (Å²) in [5.41, 5.74) is 0. The highest BCUT2D eigenvalue weighted by atomic mass is 32.2. The number of pyridine rings is 1. The molecule has 0 spiro atoms. The van der Waals surface area contributed by atoms with Crippen LogP contribution in [-0.4, -0.2) is 10.1 Å². The zero-order valence-corrected chi connectivity index (χ0v) is 10.4. The predicted molar refractivity (Wildman–Crippen MR) is 74.0 cm³/mol. The van der Waals surface area contributed by atoms with Crippen LogP contribution in [0.1, 0.15) is 0 Å². The predicted octanol–water partition coefficient (Wildman–Crippen LogP) is 4.09. The second-order valence-corrected chi connectivity index (χ2v) is 4.94. The van der Waals surface area contributed by atoms with Crippen molar-refractivity contribution in [3.63, 3.8) is 0 Å². The molecule has 2 nitrogen and oxygen atoms in total. The van der Waals surface area contributed by atoms with Crippen molar-refractivity contribution in [2.75, 3.05) is 0 Å². The van der Waals surface area contributed by atoms with Gasteiger partial charge in [-0.3, -0.25) is 0 Å². The number of phenols is 1. The summed E-state index contributed by atoms with van der Waals surface area (Å²) in [4.78, 5) is 5.22. The molecule has 1 aromatic heterocycles. The minimum Gasteiger partial charge on any atom is -0.507 e. The van der Waals surface area contributed by atoms with Gasteiger partial charge in [-0.05, 0) is 23.6 Å². The van der Waals surface area contributed by atoms with Crippen LogP contribution in [0.4, 0.5) is 0 Å². The lowest BCUT2D eigenvalue weighted by Crippen LogP contribution is -1.83. The maximum absolute atomic E-state index is 9.80. The van der Waals surface area contributed by atoms with Crippen molar-refractivity contribution < 1.29 is 5.11 Å². The van der Waals surface area contributed by atoms with Crippen LogP contribution in [0.15, 0.2) is 70.7 Å². The van der Waals surface area contributed by atoms with Crippen molar-refractivity contribution in [2.45, 2.75) is 9.92 Å². The molecule has 0 bridgehead atoms. The Morgan fingerprint density at radius 3 is 2.56 bits per heavy atom. The summed E-state index contributed by atoms with van der Waals surface area (Å²) in [6.45, 7) is 0. The van der Waals surface area contributed by atoms with Crippen molar-refractivity contribution in [1.29, 1.82) is 0 Å². The zero-order valence-electron chi connectivity index (χ0n) is 9.58. The van der Waals surface area contributed by atoms with Crippen molar-refractivity contribution in [3.8, 4) is 5.75 Å². The number of fused-ring (bicyclic) bond motifs is 1. The van der Waals surface area contributed by atoms with E-state index in [4.69, 9.17) is 0 Å². The highest BCUT2D eigenvalue weighted by Crippen LogP contribution is 2.36. The van der Waals surface area contributed by atoms with Crippen LogP contribution >= 0.6 is 11.8 Å². The first-order valence-corrected chi connectivity index (χ1v) is 6.46. The summed E-state index contributed by atoms with van der Waals surface area (Å²) in [6.07, 6.45) is 1.80. The van der Waals surface area contributed by atoms with Gasteiger partial charge in [0.15, 0.2) is 0 Å². The van der Waals surface area contributed by atoms with Gasteiger partial charge in [0, 0.05) is 11.6 Å². The normalized spacial score (nSPS) is 10.7. The molecule has 0 atom stereocenters. The topological polar surface area (TPSA) is 33.1 Å². The van der Waals surface area contributed by atoms with E-state index in [1.165, 1.54) is 11.8 Å². The third-order valence-corrected chi connectivity index (χ3v) is 3.79. The lowest BCUT2D eigenvalue weighted by Gasteiger charge is -2.06. The van der Waals surface area contributed by atoms with E-state index in [2.05, 4.69) is 11.1 Å². The molecule has 0 fully saturated rings. The summed E-state index contributed by atoms with van der Waals surface area (Å²) >= 11 is 1.48. The molecule has 0 amide bonds. The average Bonchev–Trinajstić information content (AvgIpc) is 2.42. The minimum absolute atomic E-state index is 0.289. The summed E-state index contributed by atoms with van der Waals surface area (Å²) in [5, 5.41) is 13.0. The fourth-order valence-corrected chi connectivity index (χ4v) is 2.76. The van der Waals surface area contributed by atoms with Gasteiger partial charge in [0.25, 0.3) is 0 Å². The number of aromatic nitrogens is 1. The summed E-state index contributed by atoms with van der Waals surface area (Å²) < 4.78 is 0. The van der Waals surface area contributed by atoms with E-state index >= 15 is 0 Å². The first-order valence-electron chi connectivity index (χ1n) is 5.64. The van der Waals surface area contributed by atoms with E-state index in [9.17, 15) is 5.11 Å². The molecule has 0 aliphatic carbocycles. The monoisotopic (exact) mass is 253 g/mol. The van der Waals surface area contributed by atoms with E-state index in [0.717, 1.165) is 20.7 Å². The van der Waals surface area contributed by atoms with Crippen LogP contribution in [0, 0.1) is 0 Å². The number of para-hydroxylation sites is 1. The third-order valence-electron chi connectivity index (χ3n) is 2.71. The Balaban J connectivity index is 2.08. The molecular weight excluding hydrogens is 242 g/mol. The molecule has 0 unspecified atom stereocenters. The molecule has 0 saturated heterocycles. The second-order valence-electron chi connectivity index (χ2n) is 3.91. The number of nitrogens with zero attached hydrogens (tertiary/aromatic N) is 1. The van der Waals surface area contributed by atoms with Crippen LogP contribution in [0.2, 0.25) is 0 Å². The van der Waals surface area contributed by atoms with Gasteiger partial charge in [0.2, 0.25) is 0 Å². The van der Waals surface area contributed by atoms with Crippen LogP contribution in [0.25, 0.3) is 10.8 Å². The Labute approximate surface area is 109 Å². The van der Waals surface area contributed by atoms with Gasteiger partial charge in [0.05, 0.1) is 4.90 Å². The molecule has 1 N–H and O–H groups in total. The number of rotatable bonds is 2. The summed E-state index contributed by atoms with van der Waals surface area (Å²) in [5.74, 6) is 0.289. The average molecular weight is 253 g/mol. The Hall–Kier alpha value is -2.00. The lowest BCUT2D eigenvalue weighted by atomic mass is 10.2. The van der Waals surface area contributed by atoms with Gasteiger partial charge in [-0.25, -0.2) is 4.98 Å². The van der Waals surface area contributed by atoms with Gasteiger partial charge in [-0.1, -0.05) is 48.2 Å². The standard InChI is InChI=1S/C15H11NOS/c17-13-7-3-4-8-14(13)18-15-12-6-2-1-5-11(12)9-10-16-15/h1-10,17H. The van der Waals surface area contributed by atoms with Gasteiger partial charge >= 0.3 is 0 Å². The van der Waals surface area contributed by atoms with E-state index < -0.39 is 0 Å². The fourth-order valence-electron chi connectivity index (χ4n) is 1.82. The number of benzene rings is 2. The van der Waals surface area contributed by atoms with Gasteiger partial charge < -0.3 is 5.11 Å².